The lowest BCUT2D eigenvalue weighted by molar-refractivity contribution is 0.741. The van der Waals surface area contributed by atoms with Gasteiger partial charge in [0.05, 0.1) is 0 Å². The largest absolute Gasteiger partial charge is 0.369 e. The molecule has 2 aromatic heterocycles. The number of nitrogens with one attached hydrogen (secondary N) is 1. The molecule has 0 aromatic carbocycles. The van der Waals surface area contributed by atoms with Crippen LogP contribution >= 0.6 is 11.6 Å². The summed E-state index contributed by atoms with van der Waals surface area (Å²) in [5.74, 6) is 2.33. The lowest BCUT2D eigenvalue weighted by Gasteiger charge is -2.06. The van der Waals surface area contributed by atoms with Crippen molar-refractivity contribution in [2.45, 2.75) is 26.2 Å². The summed E-state index contributed by atoms with van der Waals surface area (Å²) >= 11 is 5.97. The van der Waals surface area contributed by atoms with Gasteiger partial charge >= 0.3 is 0 Å². The van der Waals surface area contributed by atoms with E-state index in [0.717, 1.165) is 36.7 Å². The number of anilines is 1. The molecule has 2 aromatic rings. The Balaban J connectivity index is 1.91. The van der Waals surface area contributed by atoms with Crippen molar-refractivity contribution in [3.05, 3.63) is 29.2 Å². The molecule has 6 nitrogen and oxygen atoms in total. The molecule has 0 saturated carbocycles. The first kappa shape index (κ1) is 13.7. The maximum Gasteiger partial charge on any atom is 0.152 e. The van der Waals surface area contributed by atoms with Gasteiger partial charge in [-0.1, -0.05) is 18.5 Å². The summed E-state index contributed by atoms with van der Waals surface area (Å²) in [5, 5.41) is 7.90. The van der Waals surface area contributed by atoms with E-state index in [2.05, 4.69) is 32.3 Å². The number of nitrogens with zero attached hydrogens (tertiary/aromatic N) is 5. The zero-order chi connectivity index (χ0) is 13.7. The summed E-state index contributed by atoms with van der Waals surface area (Å²) in [4.78, 5) is 12.8. The quantitative estimate of drug-likeness (QED) is 0.818. The third kappa shape index (κ3) is 4.17. The molecule has 2 heterocycles. The van der Waals surface area contributed by atoms with Crippen molar-refractivity contribution in [1.29, 1.82) is 0 Å². The fourth-order valence-electron chi connectivity index (χ4n) is 1.69. The molecule has 1 N–H and O–H groups in total. The van der Waals surface area contributed by atoms with Gasteiger partial charge in [0.15, 0.2) is 5.82 Å². The first-order valence-corrected chi connectivity index (χ1v) is 6.67. The second kappa shape index (κ2) is 6.47. The van der Waals surface area contributed by atoms with E-state index in [0.29, 0.717) is 11.7 Å². The Hall–Kier alpha value is -1.69. The highest BCUT2D eigenvalue weighted by molar-refractivity contribution is 6.29. The van der Waals surface area contributed by atoms with Gasteiger partial charge in [0.25, 0.3) is 0 Å². The van der Waals surface area contributed by atoms with E-state index in [-0.39, 0.29) is 0 Å². The van der Waals surface area contributed by atoms with Crippen molar-refractivity contribution < 1.29 is 0 Å². The molecule has 0 amide bonds. The van der Waals surface area contributed by atoms with Crippen LogP contribution in [0.1, 0.15) is 25.0 Å². The minimum absolute atomic E-state index is 0.469. The van der Waals surface area contributed by atoms with Crippen LogP contribution in [0.25, 0.3) is 0 Å². The molecular weight excluding hydrogens is 264 g/mol. The number of halogens is 1. The summed E-state index contributed by atoms with van der Waals surface area (Å²) < 4.78 is 1.69. The van der Waals surface area contributed by atoms with E-state index in [4.69, 9.17) is 11.6 Å². The van der Waals surface area contributed by atoms with E-state index in [1.165, 1.54) is 0 Å². The SMILES string of the molecule is CCCc1nc(Cl)cc(NCCc2ncn(C)n2)n1. The Labute approximate surface area is 117 Å². The second-order valence-corrected chi connectivity index (χ2v) is 4.64. The molecule has 0 spiro atoms. The number of aromatic nitrogens is 5. The molecule has 0 aliphatic carbocycles. The third-order valence-electron chi connectivity index (χ3n) is 2.52. The number of rotatable bonds is 6. The lowest BCUT2D eigenvalue weighted by Crippen LogP contribution is -2.09. The summed E-state index contributed by atoms with van der Waals surface area (Å²) in [5.41, 5.74) is 0. The van der Waals surface area contributed by atoms with Crippen molar-refractivity contribution in [3.63, 3.8) is 0 Å². The van der Waals surface area contributed by atoms with Crippen LogP contribution in [0.15, 0.2) is 12.4 Å². The van der Waals surface area contributed by atoms with E-state index in [1.54, 1.807) is 17.1 Å². The fourth-order valence-corrected chi connectivity index (χ4v) is 1.89. The molecule has 0 atom stereocenters. The van der Waals surface area contributed by atoms with Crippen LogP contribution in [0, 0.1) is 0 Å². The van der Waals surface area contributed by atoms with Gasteiger partial charge in [-0.05, 0) is 6.42 Å². The highest BCUT2D eigenvalue weighted by Crippen LogP contribution is 2.12. The molecule has 0 fully saturated rings. The van der Waals surface area contributed by atoms with E-state index >= 15 is 0 Å². The zero-order valence-corrected chi connectivity index (χ0v) is 11.9. The van der Waals surface area contributed by atoms with Crippen LogP contribution < -0.4 is 5.32 Å². The smallest absolute Gasteiger partial charge is 0.152 e. The van der Waals surface area contributed by atoms with Crippen LogP contribution in [0.3, 0.4) is 0 Å². The summed E-state index contributed by atoms with van der Waals surface area (Å²) in [6, 6.07) is 1.73. The molecule has 0 unspecified atom stereocenters. The lowest BCUT2D eigenvalue weighted by atomic mass is 10.3. The van der Waals surface area contributed by atoms with Crippen LogP contribution in [0.4, 0.5) is 5.82 Å². The molecule has 2 rings (SSSR count). The summed E-state index contributed by atoms with van der Waals surface area (Å²) in [7, 11) is 1.85. The van der Waals surface area contributed by atoms with Gasteiger partial charge in [-0.25, -0.2) is 15.0 Å². The highest BCUT2D eigenvalue weighted by atomic mass is 35.5. The molecule has 19 heavy (non-hydrogen) atoms. The van der Waals surface area contributed by atoms with Gasteiger partial charge in [0, 0.05) is 32.5 Å². The minimum atomic E-state index is 0.469. The molecule has 0 radical (unpaired) electrons. The van der Waals surface area contributed by atoms with Crippen molar-refractivity contribution in [1.82, 2.24) is 24.7 Å². The van der Waals surface area contributed by atoms with Crippen molar-refractivity contribution >= 4 is 17.4 Å². The molecule has 0 aliphatic heterocycles. The molecule has 0 bridgehead atoms. The van der Waals surface area contributed by atoms with Crippen LogP contribution in [0.2, 0.25) is 5.15 Å². The van der Waals surface area contributed by atoms with E-state index in [9.17, 15) is 0 Å². The van der Waals surface area contributed by atoms with Gasteiger partial charge < -0.3 is 5.32 Å². The maximum atomic E-state index is 5.97. The Bertz CT molecular complexity index is 539. The monoisotopic (exact) mass is 280 g/mol. The summed E-state index contributed by atoms with van der Waals surface area (Å²) in [6.45, 7) is 2.80. The van der Waals surface area contributed by atoms with Crippen LogP contribution in [-0.4, -0.2) is 31.3 Å². The van der Waals surface area contributed by atoms with Crippen molar-refractivity contribution in [2.24, 2.45) is 7.05 Å². The number of hydrogen-bond donors (Lipinski definition) is 1. The van der Waals surface area contributed by atoms with Crippen molar-refractivity contribution in [2.75, 3.05) is 11.9 Å². The van der Waals surface area contributed by atoms with Gasteiger partial charge in [0.1, 0.15) is 23.1 Å². The van der Waals surface area contributed by atoms with Crippen LogP contribution in [-0.2, 0) is 19.9 Å². The first-order chi connectivity index (χ1) is 9.17. The molecule has 7 heteroatoms. The van der Waals surface area contributed by atoms with Gasteiger partial charge in [-0.2, -0.15) is 5.10 Å². The maximum absolute atomic E-state index is 5.97. The topological polar surface area (TPSA) is 68.5 Å². The normalized spacial score (nSPS) is 10.7. The molecular formula is C12H17ClN6. The molecule has 0 saturated heterocycles. The molecule has 102 valence electrons. The van der Waals surface area contributed by atoms with E-state index in [1.807, 2.05) is 7.05 Å². The minimum Gasteiger partial charge on any atom is -0.369 e. The first-order valence-electron chi connectivity index (χ1n) is 6.29. The van der Waals surface area contributed by atoms with Crippen molar-refractivity contribution in [3.8, 4) is 0 Å². The number of aryl methyl sites for hydroxylation is 2. The average Bonchev–Trinajstić information content (AvgIpc) is 2.75. The van der Waals surface area contributed by atoms with E-state index < -0.39 is 0 Å². The predicted octanol–water partition coefficient (Wildman–Crippen LogP) is 1.87. The van der Waals surface area contributed by atoms with Gasteiger partial charge in [-0.15, -0.1) is 0 Å². The Morgan fingerprint density at radius 3 is 2.79 bits per heavy atom. The standard InChI is InChI=1S/C12H17ClN6/c1-3-4-11-16-9(13)7-12(17-11)14-6-5-10-15-8-19(2)18-10/h7-8H,3-6H2,1-2H3,(H,14,16,17). The fraction of sp³-hybridized carbons (Fsp3) is 0.500. The molecule has 0 aliphatic rings. The van der Waals surface area contributed by atoms with Crippen LogP contribution in [0.5, 0.6) is 0 Å². The third-order valence-corrected chi connectivity index (χ3v) is 2.71. The predicted molar refractivity (Wildman–Crippen MR) is 74.2 cm³/mol. The Morgan fingerprint density at radius 2 is 2.11 bits per heavy atom. The second-order valence-electron chi connectivity index (χ2n) is 4.25. The average molecular weight is 281 g/mol. The highest BCUT2D eigenvalue weighted by Gasteiger charge is 2.03. The number of hydrogen-bond acceptors (Lipinski definition) is 5. The summed E-state index contributed by atoms with van der Waals surface area (Å²) in [6.07, 6.45) is 4.26. The Morgan fingerprint density at radius 1 is 1.26 bits per heavy atom. The van der Waals surface area contributed by atoms with Gasteiger partial charge in [0.2, 0.25) is 0 Å². The zero-order valence-electron chi connectivity index (χ0n) is 11.1. The van der Waals surface area contributed by atoms with Gasteiger partial charge in [-0.3, -0.25) is 4.68 Å². The Kier molecular flexibility index (Phi) is 4.68.